The third-order valence-electron chi connectivity index (χ3n) is 6.52. The SMILES string of the molecule is CCOCCOC(=O)C1=C(C)NC2=C(C(=O)C[C@@H](c3ccc(OC)cc3)C2)[C@@H]1c1ccccc1Cl. The number of carbonyl (C=O) groups excluding carboxylic acids is 2. The lowest BCUT2D eigenvalue weighted by molar-refractivity contribution is -0.140. The Morgan fingerprint density at radius 1 is 1.09 bits per heavy atom. The number of hydrogen-bond acceptors (Lipinski definition) is 6. The van der Waals surface area contributed by atoms with Crippen LogP contribution in [0.2, 0.25) is 5.02 Å². The Bertz CT molecular complexity index is 1170. The van der Waals surface area contributed by atoms with Crippen molar-refractivity contribution in [1.29, 1.82) is 0 Å². The maximum atomic E-state index is 13.6. The number of nitrogens with one attached hydrogen (secondary N) is 1. The Morgan fingerprint density at radius 2 is 1.83 bits per heavy atom. The average molecular weight is 496 g/mol. The standard InChI is InChI=1S/C28H30ClNO5/c1-4-34-13-14-35-28(32)25-17(2)30-23-15-19(18-9-11-20(33-3)12-10-18)16-24(31)27(23)26(25)21-7-5-6-8-22(21)29/h5-12,19,26,30H,4,13-16H2,1-3H3/t19-,26+/m0/s1. The second-order valence-electron chi connectivity index (χ2n) is 8.64. The van der Waals surface area contributed by atoms with Crippen LogP contribution in [0.1, 0.15) is 49.7 Å². The fourth-order valence-electron chi connectivity index (χ4n) is 4.86. The predicted molar refractivity (Wildman–Crippen MR) is 134 cm³/mol. The summed E-state index contributed by atoms with van der Waals surface area (Å²) in [5, 5.41) is 3.86. The van der Waals surface area contributed by atoms with E-state index in [1.807, 2.05) is 56.3 Å². The third kappa shape index (κ3) is 5.29. The molecule has 1 N–H and O–H groups in total. The number of allylic oxidation sites excluding steroid dienone is 3. The van der Waals surface area contributed by atoms with Gasteiger partial charge in [0.15, 0.2) is 5.78 Å². The number of benzene rings is 2. The Labute approximate surface area is 210 Å². The van der Waals surface area contributed by atoms with Crippen LogP contribution in [-0.4, -0.2) is 38.7 Å². The largest absolute Gasteiger partial charge is 0.497 e. The quantitative estimate of drug-likeness (QED) is 0.396. The van der Waals surface area contributed by atoms with Gasteiger partial charge in [-0.3, -0.25) is 4.79 Å². The molecule has 2 atom stereocenters. The molecule has 0 saturated carbocycles. The van der Waals surface area contributed by atoms with Gasteiger partial charge in [-0.15, -0.1) is 0 Å². The van der Waals surface area contributed by atoms with Gasteiger partial charge in [-0.25, -0.2) is 4.79 Å². The predicted octanol–water partition coefficient (Wildman–Crippen LogP) is 5.29. The van der Waals surface area contributed by atoms with Crippen molar-refractivity contribution in [3.8, 4) is 5.75 Å². The monoisotopic (exact) mass is 495 g/mol. The van der Waals surface area contributed by atoms with Crippen molar-refractivity contribution in [3.05, 3.63) is 87.2 Å². The van der Waals surface area contributed by atoms with Gasteiger partial charge in [-0.05, 0) is 55.5 Å². The molecule has 7 heteroatoms. The molecule has 0 aromatic heterocycles. The Balaban J connectivity index is 1.70. The molecule has 0 saturated heterocycles. The summed E-state index contributed by atoms with van der Waals surface area (Å²) in [4.78, 5) is 26.9. The summed E-state index contributed by atoms with van der Waals surface area (Å²) < 4.78 is 16.1. The number of carbonyl (C=O) groups is 2. The summed E-state index contributed by atoms with van der Waals surface area (Å²) in [5.74, 6) is -0.271. The van der Waals surface area contributed by atoms with Gasteiger partial charge < -0.3 is 19.5 Å². The van der Waals surface area contributed by atoms with Crippen LogP contribution in [0.25, 0.3) is 0 Å². The van der Waals surface area contributed by atoms with Crippen LogP contribution in [0, 0.1) is 0 Å². The van der Waals surface area contributed by atoms with E-state index in [1.165, 1.54) is 0 Å². The topological polar surface area (TPSA) is 73.9 Å². The zero-order chi connectivity index (χ0) is 24.9. The number of dihydropyridines is 1. The molecule has 2 aromatic carbocycles. The molecule has 1 aliphatic heterocycles. The molecule has 2 aliphatic rings. The van der Waals surface area contributed by atoms with Crippen LogP contribution in [-0.2, 0) is 19.1 Å². The molecule has 0 radical (unpaired) electrons. The number of ketones is 1. The molecule has 1 heterocycles. The van der Waals surface area contributed by atoms with Gasteiger partial charge in [0.2, 0.25) is 0 Å². The second-order valence-corrected chi connectivity index (χ2v) is 9.05. The summed E-state index contributed by atoms with van der Waals surface area (Å²) in [5.41, 5.74) is 4.28. The normalized spacial score (nSPS) is 19.8. The fourth-order valence-corrected chi connectivity index (χ4v) is 5.10. The molecular formula is C28H30ClNO5. The molecule has 0 spiro atoms. The molecule has 35 heavy (non-hydrogen) atoms. The molecule has 184 valence electrons. The van der Waals surface area contributed by atoms with Gasteiger partial charge in [0.1, 0.15) is 12.4 Å². The summed E-state index contributed by atoms with van der Waals surface area (Å²) in [7, 11) is 1.63. The number of halogens is 1. The van der Waals surface area contributed by atoms with E-state index in [2.05, 4.69) is 5.32 Å². The molecular weight excluding hydrogens is 466 g/mol. The first-order valence-electron chi connectivity index (χ1n) is 11.8. The van der Waals surface area contributed by atoms with Crippen molar-refractivity contribution in [2.75, 3.05) is 26.9 Å². The minimum absolute atomic E-state index is 0.00314. The smallest absolute Gasteiger partial charge is 0.336 e. The van der Waals surface area contributed by atoms with Crippen molar-refractivity contribution in [2.24, 2.45) is 0 Å². The van der Waals surface area contributed by atoms with E-state index in [9.17, 15) is 9.59 Å². The van der Waals surface area contributed by atoms with Crippen LogP contribution in [0.3, 0.4) is 0 Å². The lowest BCUT2D eigenvalue weighted by atomic mass is 9.71. The molecule has 0 unspecified atom stereocenters. The summed E-state index contributed by atoms with van der Waals surface area (Å²) in [6, 6.07) is 15.2. The van der Waals surface area contributed by atoms with Gasteiger partial charge in [0.05, 0.1) is 19.3 Å². The van der Waals surface area contributed by atoms with Gasteiger partial charge in [-0.1, -0.05) is 41.9 Å². The first-order chi connectivity index (χ1) is 16.9. The number of ether oxygens (including phenoxy) is 3. The van der Waals surface area contributed by atoms with E-state index in [1.54, 1.807) is 13.2 Å². The van der Waals surface area contributed by atoms with Gasteiger partial charge in [-0.2, -0.15) is 0 Å². The first kappa shape index (κ1) is 25.0. The van der Waals surface area contributed by atoms with Crippen molar-refractivity contribution in [2.45, 2.75) is 38.5 Å². The minimum atomic E-state index is -0.594. The maximum absolute atomic E-state index is 13.6. The van der Waals surface area contributed by atoms with E-state index < -0.39 is 11.9 Å². The Kier molecular flexibility index (Phi) is 7.93. The van der Waals surface area contributed by atoms with Gasteiger partial charge in [0.25, 0.3) is 0 Å². The second kappa shape index (κ2) is 11.1. The molecule has 0 amide bonds. The number of rotatable bonds is 8. The first-order valence-corrected chi connectivity index (χ1v) is 12.2. The lowest BCUT2D eigenvalue weighted by Gasteiger charge is -2.37. The molecule has 4 rings (SSSR count). The van der Waals surface area contributed by atoms with Crippen molar-refractivity contribution in [3.63, 3.8) is 0 Å². The zero-order valence-electron chi connectivity index (χ0n) is 20.2. The highest BCUT2D eigenvalue weighted by Gasteiger charge is 2.42. The van der Waals surface area contributed by atoms with Crippen LogP contribution in [0.4, 0.5) is 0 Å². The molecule has 0 bridgehead atoms. The van der Waals surface area contributed by atoms with E-state index in [-0.39, 0.29) is 18.3 Å². The number of Topliss-reactive ketones (excluding diaryl/α,β-unsaturated/α-hetero) is 1. The van der Waals surface area contributed by atoms with E-state index in [0.29, 0.717) is 47.9 Å². The van der Waals surface area contributed by atoms with E-state index in [4.69, 9.17) is 25.8 Å². The summed E-state index contributed by atoms with van der Waals surface area (Å²) >= 11 is 6.59. The van der Waals surface area contributed by atoms with Crippen molar-refractivity contribution < 1.29 is 23.8 Å². The lowest BCUT2D eigenvalue weighted by Crippen LogP contribution is -2.36. The zero-order valence-corrected chi connectivity index (χ0v) is 21.0. The van der Waals surface area contributed by atoms with E-state index >= 15 is 0 Å². The number of methoxy groups -OCH3 is 1. The van der Waals surface area contributed by atoms with Crippen LogP contribution >= 0.6 is 11.6 Å². The Hall–Kier alpha value is -3.09. The van der Waals surface area contributed by atoms with Crippen LogP contribution in [0.15, 0.2) is 71.1 Å². The third-order valence-corrected chi connectivity index (χ3v) is 6.86. The highest BCUT2D eigenvalue weighted by Crippen LogP contribution is 2.47. The molecule has 1 aliphatic carbocycles. The van der Waals surface area contributed by atoms with Gasteiger partial charge >= 0.3 is 5.97 Å². The fraction of sp³-hybridized carbons (Fsp3) is 0.357. The van der Waals surface area contributed by atoms with Crippen molar-refractivity contribution in [1.82, 2.24) is 5.32 Å². The highest BCUT2D eigenvalue weighted by molar-refractivity contribution is 6.31. The van der Waals surface area contributed by atoms with Gasteiger partial charge in [0, 0.05) is 40.9 Å². The molecule has 2 aromatic rings. The van der Waals surface area contributed by atoms with Crippen LogP contribution < -0.4 is 10.1 Å². The highest BCUT2D eigenvalue weighted by atomic mass is 35.5. The molecule has 0 fully saturated rings. The molecule has 6 nitrogen and oxygen atoms in total. The average Bonchev–Trinajstić information content (AvgIpc) is 2.86. The summed E-state index contributed by atoms with van der Waals surface area (Å²) in [6.45, 7) is 4.72. The van der Waals surface area contributed by atoms with Crippen LogP contribution in [0.5, 0.6) is 5.75 Å². The minimum Gasteiger partial charge on any atom is -0.497 e. The van der Waals surface area contributed by atoms with Crippen molar-refractivity contribution >= 4 is 23.4 Å². The van der Waals surface area contributed by atoms with E-state index in [0.717, 1.165) is 22.6 Å². The number of esters is 1. The summed E-state index contributed by atoms with van der Waals surface area (Å²) in [6.07, 6.45) is 0.998. The number of hydrogen-bond donors (Lipinski definition) is 1. The Morgan fingerprint density at radius 3 is 2.51 bits per heavy atom. The maximum Gasteiger partial charge on any atom is 0.336 e.